The van der Waals surface area contributed by atoms with Gasteiger partial charge in [-0.2, -0.15) is 0 Å². The fourth-order valence-corrected chi connectivity index (χ4v) is 6.16. The summed E-state index contributed by atoms with van der Waals surface area (Å²) in [6, 6.07) is 19.3. The Morgan fingerprint density at radius 1 is 1.07 bits per heavy atom. The summed E-state index contributed by atoms with van der Waals surface area (Å²) < 4.78 is 25.7. The van der Waals surface area contributed by atoms with E-state index in [0.29, 0.717) is 59.2 Å². The number of nitrogens with one attached hydrogen (secondary N) is 1. The van der Waals surface area contributed by atoms with Crippen LogP contribution in [0, 0.1) is 5.82 Å². The fraction of sp³-hybridized carbons (Fsp3) is 0.333. The first-order chi connectivity index (χ1) is 20.7. The summed E-state index contributed by atoms with van der Waals surface area (Å²) in [6.07, 6.45) is 0.613. The Labute approximate surface area is 264 Å². The molecule has 3 aromatic rings. The molecule has 2 bridgehead atoms. The molecule has 1 N–H and O–H groups in total. The Morgan fingerprint density at radius 2 is 1.81 bits per heavy atom. The maximum absolute atomic E-state index is 14.2. The number of hydrogen-bond donors (Lipinski definition) is 1. The van der Waals surface area contributed by atoms with E-state index in [1.807, 2.05) is 60.4 Å². The maximum atomic E-state index is 14.2. The Hall–Kier alpha value is -3.40. The summed E-state index contributed by atoms with van der Waals surface area (Å²) in [5.41, 5.74) is 3.48. The maximum Gasteiger partial charge on any atom is 0.252 e. The topological polar surface area (TPSA) is 71.1 Å². The molecule has 5 rings (SSSR count). The smallest absolute Gasteiger partial charge is 0.252 e. The normalized spacial score (nSPS) is 17.9. The molecule has 0 aliphatic carbocycles. The van der Waals surface area contributed by atoms with Crippen LogP contribution in [0.2, 0.25) is 5.02 Å². The molecule has 2 atom stereocenters. The van der Waals surface area contributed by atoms with Gasteiger partial charge in [0.2, 0.25) is 5.91 Å². The first-order valence-corrected chi connectivity index (χ1v) is 15.5. The lowest BCUT2D eigenvalue weighted by atomic mass is 9.83. The van der Waals surface area contributed by atoms with Gasteiger partial charge < -0.3 is 24.6 Å². The number of hydrogen-bond acceptors (Lipinski definition) is 5. The van der Waals surface area contributed by atoms with Gasteiger partial charge >= 0.3 is 0 Å². The number of benzene rings is 3. The van der Waals surface area contributed by atoms with E-state index < -0.39 is 0 Å². The van der Waals surface area contributed by atoms with Crippen molar-refractivity contribution in [1.29, 1.82) is 0 Å². The van der Waals surface area contributed by atoms with Crippen molar-refractivity contribution < 1.29 is 23.5 Å². The molecule has 1 saturated heterocycles. The fourth-order valence-electron chi connectivity index (χ4n) is 5.61. The summed E-state index contributed by atoms with van der Waals surface area (Å²) in [5, 5.41) is 4.22. The monoisotopic (exact) mass is 669 g/mol. The van der Waals surface area contributed by atoms with Gasteiger partial charge in [0.15, 0.2) is 0 Å². The predicted molar refractivity (Wildman–Crippen MR) is 169 cm³/mol. The molecule has 2 aliphatic rings. The van der Waals surface area contributed by atoms with Gasteiger partial charge in [0.1, 0.15) is 30.5 Å². The van der Waals surface area contributed by atoms with Crippen molar-refractivity contribution in [3.05, 3.63) is 98.7 Å². The number of halogens is 3. The molecule has 0 spiro atoms. The van der Waals surface area contributed by atoms with Crippen LogP contribution in [0.1, 0.15) is 31.4 Å². The zero-order valence-electron chi connectivity index (χ0n) is 24.1. The van der Waals surface area contributed by atoms with E-state index in [2.05, 4.69) is 21.2 Å². The second-order valence-electron chi connectivity index (χ2n) is 10.6. The van der Waals surface area contributed by atoms with Crippen LogP contribution in [0.3, 0.4) is 0 Å². The van der Waals surface area contributed by atoms with E-state index in [9.17, 15) is 14.0 Å². The molecule has 3 aromatic carbocycles. The molecular weight excluding hydrogens is 637 g/mol. The van der Waals surface area contributed by atoms with Crippen LogP contribution in [0.4, 0.5) is 4.39 Å². The third-order valence-electron chi connectivity index (χ3n) is 7.77. The largest absolute Gasteiger partial charge is 0.490 e. The van der Waals surface area contributed by atoms with Crippen LogP contribution >= 0.6 is 27.5 Å². The van der Waals surface area contributed by atoms with Gasteiger partial charge in [0, 0.05) is 55.8 Å². The third-order valence-corrected chi connectivity index (χ3v) is 8.80. The molecule has 2 heterocycles. The lowest BCUT2D eigenvalue weighted by Crippen LogP contribution is -2.61. The van der Waals surface area contributed by atoms with Crippen LogP contribution in [-0.4, -0.2) is 66.5 Å². The highest BCUT2D eigenvalue weighted by atomic mass is 79.9. The molecule has 0 aromatic heterocycles. The van der Waals surface area contributed by atoms with Crippen LogP contribution in [0.5, 0.6) is 11.5 Å². The predicted octanol–water partition coefficient (Wildman–Crippen LogP) is 6.09. The molecule has 2 aliphatic heterocycles. The molecule has 2 amide bonds. The number of carbonyl (C=O) groups is 2. The van der Waals surface area contributed by atoms with Crippen molar-refractivity contribution in [3.8, 4) is 11.5 Å². The molecule has 1 fully saturated rings. The first-order valence-electron chi connectivity index (χ1n) is 14.3. The van der Waals surface area contributed by atoms with Crippen molar-refractivity contribution in [1.82, 2.24) is 15.1 Å². The quantitative estimate of drug-likeness (QED) is 0.265. The number of amides is 2. The third kappa shape index (κ3) is 7.40. The van der Waals surface area contributed by atoms with Gasteiger partial charge in [0.25, 0.3) is 5.91 Å². The zero-order chi connectivity index (χ0) is 30.5. The van der Waals surface area contributed by atoms with Gasteiger partial charge in [-0.25, -0.2) is 4.39 Å². The highest BCUT2D eigenvalue weighted by molar-refractivity contribution is 9.10. The molecule has 0 unspecified atom stereocenters. The summed E-state index contributed by atoms with van der Waals surface area (Å²) in [5.74, 6) is 0.637. The van der Waals surface area contributed by atoms with Crippen molar-refractivity contribution in [2.75, 3.05) is 32.8 Å². The number of carbonyl (C=O) groups excluding carboxylic acids is 2. The van der Waals surface area contributed by atoms with E-state index in [0.717, 1.165) is 16.7 Å². The minimum absolute atomic E-state index is 0.00500. The number of likely N-dealkylation sites (N-methyl/N-ethyl adjacent to an activating group) is 1. The van der Waals surface area contributed by atoms with Crippen LogP contribution in [0.15, 0.2) is 76.8 Å². The van der Waals surface area contributed by atoms with Gasteiger partial charge in [0.05, 0.1) is 10.5 Å². The molecule has 0 saturated carbocycles. The average molecular weight is 671 g/mol. The Bertz CT molecular complexity index is 1520. The molecule has 10 heteroatoms. The van der Waals surface area contributed by atoms with Crippen molar-refractivity contribution in [3.63, 3.8) is 0 Å². The zero-order valence-corrected chi connectivity index (χ0v) is 26.5. The molecule has 7 nitrogen and oxygen atoms in total. The van der Waals surface area contributed by atoms with Gasteiger partial charge in [-0.15, -0.1) is 0 Å². The number of rotatable bonds is 10. The number of ether oxygens (including phenoxy) is 2. The van der Waals surface area contributed by atoms with Crippen molar-refractivity contribution >= 4 is 44.9 Å². The first kappa shape index (κ1) is 31.0. The summed E-state index contributed by atoms with van der Waals surface area (Å²) >= 11 is 9.80. The second kappa shape index (κ2) is 13.9. The molecular formula is C33H34BrClFN3O4. The van der Waals surface area contributed by atoms with E-state index in [1.54, 1.807) is 17.9 Å². The van der Waals surface area contributed by atoms with Gasteiger partial charge in [-0.05, 0) is 76.3 Å². The van der Waals surface area contributed by atoms with E-state index in [-0.39, 0.29) is 42.9 Å². The molecule has 0 radical (unpaired) electrons. The number of piperazine rings is 1. The molecule has 43 heavy (non-hydrogen) atoms. The van der Waals surface area contributed by atoms with E-state index >= 15 is 0 Å². The highest BCUT2D eigenvalue weighted by Crippen LogP contribution is 2.35. The number of nitrogens with zero attached hydrogens (tertiary/aromatic N) is 2. The number of fused-ring (bicyclic) bond motifs is 2. The summed E-state index contributed by atoms with van der Waals surface area (Å²) in [6.45, 7) is 5.97. The SMILES string of the molecule is CCN(Cc1ccccc1Cl)C(=O)C1=C(c2ccc(OCCOc3cc(F)ccc3Br)cc2)C[C@@H]2CN(C(C)=O)C[C@H]1N2. The van der Waals surface area contributed by atoms with E-state index in [4.69, 9.17) is 21.1 Å². The van der Waals surface area contributed by atoms with Crippen LogP contribution in [-0.2, 0) is 16.1 Å². The average Bonchev–Trinajstić information content (AvgIpc) is 3.00. The minimum Gasteiger partial charge on any atom is -0.490 e. The van der Waals surface area contributed by atoms with Gasteiger partial charge in [-0.3, -0.25) is 9.59 Å². The van der Waals surface area contributed by atoms with E-state index in [1.165, 1.54) is 12.1 Å². The Morgan fingerprint density at radius 3 is 2.53 bits per heavy atom. The summed E-state index contributed by atoms with van der Waals surface area (Å²) in [4.78, 5) is 30.2. The standard InChI is InChI=1S/C33H34BrClFN3O4/c1-3-38(18-23-6-4-5-7-29(23)35)33(41)32-27(17-25-19-39(21(2)40)20-30(32)37-25)22-8-11-26(12-9-22)42-14-15-43-31-16-24(36)10-13-28(31)34/h4-13,16,25,30,37H,3,14-15,17-20H2,1-2H3/t25-,30-/m1/s1. The van der Waals surface area contributed by atoms with Crippen molar-refractivity contribution in [2.45, 2.75) is 38.9 Å². The summed E-state index contributed by atoms with van der Waals surface area (Å²) in [7, 11) is 0. The highest BCUT2D eigenvalue weighted by Gasteiger charge is 2.40. The molecule has 226 valence electrons. The second-order valence-corrected chi connectivity index (χ2v) is 11.9. The Balaban J connectivity index is 1.36. The van der Waals surface area contributed by atoms with Crippen molar-refractivity contribution in [2.24, 2.45) is 0 Å². The minimum atomic E-state index is -0.371. The van der Waals surface area contributed by atoms with Crippen LogP contribution in [0.25, 0.3) is 5.57 Å². The Kier molecular flexibility index (Phi) is 10.1. The lowest BCUT2D eigenvalue weighted by Gasteiger charge is -2.44. The van der Waals surface area contributed by atoms with Gasteiger partial charge in [-0.1, -0.05) is 41.9 Å². The van der Waals surface area contributed by atoms with Crippen LogP contribution < -0.4 is 14.8 Å². The lowest BCUT2D eigenvalue weighted by molar-refractivity contribution is -0.132.